The van der Waals surface area contributed by atoms with Crippen LogP contribution >= 0.6 is 0 Å². The molecule has 88 valence electrons. The molecule has 0 bridgehead atoms. The van der Waals surface area contributed by atoms with Crippen LogP contribution in [-0.4, -0.2) is 12.1 Å². The average Bonchev–Trinajstić information content (AvgIpc) is 2.28. The lowest BCUT2D eigenvalue weighted by molar-refractivity contribution is 0.338. The van der Waals surface area contributed by atoms with Gasteiger partial charge < -0.3 is 11.1 Å². The Balaban J connectivity index is 1.85. The van der Waals surface area contributed by atoms with E-state index in [1.165, 1.54) is 30.4 Å². The number of rotatable bonds is 3. The normalized spacial score (nSPS) is 25.6. The first-order valence-corrected chi connectivity index (χ1v) is 6.29. The van der Waals surface area contributed by atoms with E-state index < -0.39 is 0 Å². The van der Waals surface area contributed by atoms with Crippen molar-refractivity contribution in [2.24, 2.45) is 5.73 Å². The van der Waals surface area contributed by atoms with Crippen LogP contribution in [0.3, 0.4) is 0 Å². The summed E-state index contributed by atoms with van der Waals surface area (Å²) < 4.78 is 0. The van der Waals surface area contributed by atoms with Crippen molar-refractivity contribution in [3.63, 3.8) is 0 Å². The summed E-state index contributed by atoms with van der Waals surface area (Å²) in [7, 11) is 0. The lowest BCUT2D eigenvalue weighted by Gasteiger charge is -2.27. The highest BCUT2D eigenvalue weighted by molar-refractivity contribution is 5.25. The zero-order valence-corrected chi connectivity index (χ0v) is 10.1. The maximum absolute atomic E-state index is 5.98. The molecule has 1 aromatic rings. The van der Waals surface area contributed by atoms with Crippen LogP contribution in [0.5, 0.6) is 0 Å². The molecule has 2 rings (SSSR count). The molecule has 0 saturated heterocycles. The molecule has 0 aromatic heterocycles. The van der Waals surface area contributed by atoms with Gasteiger partial charge in [0, 0.05) is 18.6 Å². The van der Waals surface area contributed by atoms with E-state index in [4.69, 9.17) is 5.73 Å². The van der Waals surface area contributed by atoms with Crippen molar-refractivity contribution >= 4 is 0 Å². The summed E-state index contributed by atoms with van der Waals surface area (Å²) >= 11 is 0. The van der Waals surface area contributed by atoms with Crippen LogP contribution in [0.25, 0.3) is 0 Å². The van der Waals surface area contributed by atoms with Gasteiger partial charge in [-0.3, -0.25) is 0 Å². The molecule has 1 aliphatic rings. The lowest BCUT2D eigenvalue weighted by atomic mass is 9.91. The van der Waals surface area contributed by atoms with Gasteiger partial charge in [-0.2, -0.15) is 0 Å². The number of aryl methyl sites for hydroxylation is 1. The van der Waals surface area contributed by atoms with Gasteiger partial charge in [-0.15, -0.1) is 0 Å². The first kappa shape index (κ1) is 11.6. The molecule has 16 heavy (non-hydrogen) atoms. The van der Waals surface area contributed by atoms with E-state index in [0.717, 1.165) is 13.0 Å². The highest BCUT2D eigenvalue weighted by Gasteiger charge is 2.18. The molecule has 1 aliphatic carbocycles. The van der Waals surface area contributed by atoms with E-state index in [0.29, 0.717) is 12.1 Å². The number of hydrogen-bond donors (Lipinski definition) is 2. The third-order valence-corrected chi connectivity index (χ3v) is 3.56. The van der Waals surface area contributed by atoms with Gasteiger partial charge in [-0.25, -0.2) is 0 Å². The summed E-state index contributed by atoms with van der Waals surface area (Å²) in [6.07, 6.45) is 4.88. The average molecular weight is 218 g/mol. The zero-order valence-electron chi connectivity index (χ0n) is 10.1. The summed E-state index contributed by atoms with van der Waals surface area (Å²) in [5.74, 6) is 0. The standard InChI is InChI=1S/C14H22N2/c1-11-5-2-3-6-12(11)10-16-14-8-4-7-13(15)9-14/h2-3,5-6,13-14,16H,4,7-10,15H2,1H3. The molecule has 2 unspecified atom stereocenters. The maximum atomic E-state index is 5.98. The van der Waals surface area contributed by atoms with Crippen molar-refractivity contribution in [1.82, 2.24) is 5.32 Å². The van der Waals surface area contributed by atoms with Gasteiger partial charge in [-0.05, 0) is 37.3 Å². The summed E-state index contributed by atoms with van der Waals surface area (Å²) in [5.41, 5.74) is 8.76. The molecule has 1 fully saturated rings. The van der Waals surface area contributed by atoms with Gasteiger partial charge in [0.1, 0.15) is 0 Å². The molecule has 0 amide bonds. The van der Waals surface area contributed by atoms with Gasteiger partial charge in [0.25, 0.3) is 0 Å². The maximum Gasteiger partial charge on any atom is 0.0210 e. The van der Waals surface area contributed by atoms with E-state index in [9.17, 15) is 0 Å². The third-order valence-electron chi connectivity index (χ3n) is 3.56. The first-order chi connectivity index (χ1) is 7.75. The molecule has 0 spiro atoms. The predicted octanol–water partition coefficient (Wildman–Crippen LogP) is 2.35. The molecular formula is C14H22N2. The van der Waals surface area contributed by atoms with Gasteiger partial charge in [0.2, 0.25) is 0 Å². The highest BCUT2D eigenvalue weighted by Crippen LogP contribution is 2.17. The Morgan fingerprint density at radius 3 is 2.88 bits per heavy atom. The Bertz CT molecular complexity index is 335. The molecule has 2 nitrogen and oxygen atoms in total. The topological polar surface area (TPSA) is 38.0 Å². The van der Waals surface area contributed by atoms with Crippen LogP contribution in [0.1, 0.15) is 36.8 Å². The molecule has 0 aliphatic heterocycles. The van der Waals surface area contributed by atoms with Crippen LogP contribution in [-0.2, 0) is 6.54 Å². The summed E-state index contributed by atoms with van der Waals surface area (Å²) in [6, 6.07) is 9.59. The van der Waals surface area contributed by atoms with Crippen molar-refractivity contribution < 1.29 is 0 Å². The summed E-state index contributed by atoms with van der Waals surface area (Å²) in [6.45, 7) is 3.15. The summed E-state index contributed by atoms with van der Waals surface area (Å²) in [4.78, 5) is 0. The first-order valence-electron chi connectivity index (χ1n) is 6.29. The molecule has 2 atom stereocenters. The van der Waals surface area contributed by atoms with Crippen molar-refractivity contribution in [1.29, 1.82) is 0 Å². The number of nitrogens with one attached hydrogen (secondary N) is 1. The van der Waals surface area contributed by atoms with Gasteiger partial charge in [-0.1, -0.05) is 30.7 Å². The van der Waals surface area contributed by atoms with Crippen LogP contribution in [0.2, 0.25) is 0 Å². The second-order valence-corrected chi connectivity index (χ2v) is 4.93. The fourth-order valence-electron chi connectivity index (χ4n) is 2.48. The van der Waals surface area contributed by atoms with Crippen LogP contribution < -0.4 is 11.1 Å². The van der Waals surface area contributed by atoms with E-state index in [2.05, 4.69) is 36.5 Å². The lowest BCUT2D eigenvalue weighted by Crippen LogP contribution is -2.39. The molecule has 1 saturated carbocycles. The fourth-order valence-corrected chi connectivity index (χ4v) is 2.48. The molecule has 2 heteroatoms. The minimum Gasteiger partial charge on any atom is -0.328 e. The smallest absolute Gasteiger partial charge is 0.0210 e. The largest absolute Gasteiger partial charge is 0.328 e. The predicted molar refractivity (Wildman–Crippen MR) is 68.3 cm³/mol. The second-order valence-electron chi connectivity index (χ2n) is 4.93. The van der Waals surface area contributed by atoms with E-state index in [-0.39, 0.29) is 0 Å². The highest BCUT2D eigenvalue weighted by atomic mass is 14.9. The number of benzene rings is 1. The molecule has 0 radical (unpaired) electrons. The monoisotopic (exact) mass is 218 g/mol. The van der Waals surface area contributed by atoms with E-state index >= 15 is 0 Å². The molecule has 1 aromatic carbocycles. The molecular weight excluding hydrogens is 196 g/mol. The second kappa shape index (κ2) is 5.46. The fraction of sp³-hybridized carbons (Fsp3) is 0.571. The van der Waals surface area contributed by atoms with Gasteiger partial charge in [0.15, 0.2) is 0 Å². The third kappa shape index (κ3) is 3.06. The van der Waals surface area contributed by atoms with Crippen LogP contribution in [0.4, 0.5) is 0 Å². The quantitative estimate of drug-likeness (QED) is 0.817. The summed E-state index contributed by atoms with van der Waals surface area (Å²) in [5, 5.41) is 3.63. The Kier molecular flexibility index (Phi) is 3.97. The van der Waals surface area contributed by atoms with E-state index in [1.807, 2.05) is 0 Å². The minimum atomic E-state index is 0.406. The zero-order chi connectivity index (χ0) is 11.4. The number of nitrogens with two attached hydrogens (primary N) is 1. The number of hydrogen-bond acceptors (Lipinski definition) is 2. The van der Waals surface area contributed by atoms with E-state index in [1.54, 1.807) is 0 Å². The van der Waals surface area contributed by atoms with Gasteiger partial charge in [0.05, 0.1) is 0 Å². The van der Waals surface area contributed by atoms with Crippen molar-refractivity contribution in [2.75, 3.05) is 0 Å². The molecule has 0 heterocycles. The van der Waals surface area contributed by atoms with Crippen molar-refractivity contribution in [2.45, 2.75) is 51.2 Å². The Morgan fingerprint density at radius 1 is 1.31 bits per heavy atom. The van der Waals surface area contributed by atoms with Gasteiger partial charge >= 0.3 is 0 Å². The van der Waals surface area contributed by atoms with Crippen molar-refractivity contribution in [3.05, 3.63) is 35.4 Å². The Morgan fingerprint density at radius 2 is 2.12 bits per heavy atom. The van der Waals surface area contributed by atoms with Crippen molar-refractivity contribution in [3.8, 4) is 0 Å². The van der Waals surface area contributed by atoms with Crippen LogP contribution in [0.15, 0.2) is 24.3 Å². The molecule has 3 N–H and O–H groups in total. The minimum absolute atomic E-state index is 0.406. The van der Waals surface area contributed by atoms with Crippen LogP contribution in [0, 0.1) is 6.92 Å². The Labute approximate surface area is 98.2 Å². The Hall–Kier alpha value is -0.860. The SMILES string of the molecule is Cc1ccccc1CNC1CCCC(N)C1.